The number of hydrogen-bond donors (Lipinski definition) is 4. The molecule has 0 aromatic heterocycles. The molecule has 29 heavy (non-hydrogen) atoms. The fourth-order valence-corrected chi connectivity index (χ4v) is 2.90. The van der Waals surface area contributed by atoms with E-state index in [2.05, 4.69) is 10.6 Å². The standard InChI is InChI=1S/C21H24ClN3O4/c1-21(2,3)17(25-18(26)13-9-10-15(23)14(22)11-13)19(27)24-16(20(28)29)12-7-5-4-6-8-12/h4-11,16-17H,23H2,1-3H3,(H,24,27)(H,25,26)(H,28,29). The van der Waals surface area contributed by atoms with E-state index in [0.717, 1.165) is 0 Å². The van der Waals surface area contributed by atoms with Crippen molar-refractivity contribution in [2.24, 2.45) is 5.41 Å². The van der Waals surface area contributed by atoms with Gasteiger partial charge in [-0.25, -0.2) is 4.79 Å². The van der Waals surface area contributed by atoms with E-state index >= 15 is 0 Å². The Morgan fingerprint density at radius 3 is 2.17 bits per heavy atom. The Morgan fingerprint density at radius 1 is 1.03 bits per heavy atom. The van der Waals surface area contributed by atoms with E-state index in [9.17, 15) is 19.5 Å². The molecule has 0 fully saturated rings. The number of benzene rings is 2. The highest BCUT2D eigenvalue weighted by atomic mass is 35.5. The highest BCUT2D eigenvalue weighted by Crippen LogP contribution is 2.23. The molecule has 0 spiro atoms. The Morgan fingerprint density at radius 2 is 1.66 bits per heavy atom. The van der Waals surface area contributed by atoms with Crippen molar-refractivity contribution in [1.29, 1.82) is 0 Å². The van der Waals surface area contributed by atoms with Crippen molar-refractivity contribution in [3.8, 4) is 0 Å². The van der Waals surface area contributed by atoms with Crippen LogP contribution >= 0.6 is 11.6 Å². The summed E-state index contributed by atoms with van der Waals surface area (Å²) in [4.78, 5) is 37.3. The lowest BCUT2D eigenvalue weighted by Crippen LogP contribution is -2.54. The third kappa shape index (κ3) is 5.71. The number of amides is 2. The molecular weight excluding hydrogens is 394 g/mol. The minimum Gasteiger partial charge on any atom is -0.479 e. The molecule has 0 heterocycles. The zero-order valence-corrected chi connectivity index (χ0v) is 17.2. The molecule has 2 amide bonds. The Bertz CT molecular complexity index is 910. The summed E-state index contributed by atoms with van der Waals surface area (Å²) in [5.41, 5.74) is 5.98. The molecule has 0 aliphatic carbocycles. The van der Waals surface area contributed by atoms with Gasteiger partial charge in [-0.1, -0.05) is 62.7 Å². The van der Waals surface area contributed by atoms with Gasteiger partial charge in [0.25, 0.3) is 5.91 Å². The van der Waals surface area contributed by atoms with Crippen molar-refractivity contribution in [1.82, 2.24) is 10.6 Å². The van der Waals surface area contributed by atoms with E-state index in [1.807, 2.05) is 0 Å². The van der Waals surface area contributed by atoms with Crippen LogP contribution in [0.5, 0.6) is 0 Å². The van der Waals surface area contributed by atoms with Crippen molar-refractivity contribution >= 4 is 35.1 Å². The van der Waals surface area contributed by atoms with Gasteiger partial charge in [-0.15, -0.1) is 0 Å². The van der Waals surface area contributed by atoms with Crippen molar-refractivity contribution < 1.29 is 19.5 Å². The smallest absolute Gasteiger partial charge is 0.330 e. The normalized spacial score (nSPS) is 13.2. The van der Waals surface area contributed by atoms with Gasteiger partial charge in [0, 0.05) is 5.56 Å². The molecule has 5 N–H and O–H groups in total. The quantitative estimate of drug-likeness (QED) is 0.538. The molecule has 2 atom stereocenters. The van der Waals surface area contributed by atoms with Gasteiger partial charge in [0.15, 0.2) is 6.04 Å². The summed E-state index contributed by atoms with van der Waals surface area (Å²) in [6.45, 7) is 5.31. The zero-order chi connectivity index (χ0) is 21.8. The highest BCUT2D eigenvalue weighted by Gasteiger charge is 2.35. The number of nitrogens with one attached hydrogen (secondary N) is 2. The first-order valence-electron chi connectivity index (χ1n) is 8.94. The Hall–Kier alpha value is -3.06. The van der Waals surface area contributed by atoms with Crippen LogP contribution in [-0.4, -0.2) is 28.9 Å². The largest absolute Gasteiger partial charge is 0.479 e. The molecule has 0 radical (unpaired) electrons. The average molecular weight is 418 g/mol. The summed E-state index contributed by atoms with van der Waals surface area (Å²) in [5.74, 6) is -2.33. The minimum atomic E-state index is -1.24. The number of halogens is 1. The lowest BCUT2D eigenvalue weighted by atomic mass is 9.85. The molecule has 2 rings (SSSR count). The Kier molecular flexibility index (Phi) is 6.87. The van der Waals surface area contributed by atoms with Crippen LogP contribution in [0, 0.1) is 5.41 Å². The van der Waals surface area contributed by atoms with Crippen LogP contribution in [0.4, 0.5) is 5.69 Å². The Labute approximate surface area is 174 Å². The third-order valence-corrected chi connectivity index (χ3v) is 4.66. The maximum atomic E-state index is 12.9. The topological polar surface area (TPSA) is 122 Å². The lowest BCUT2D eigenvalue weighted by molar-refractivity contribution is -0.142. The number of rotatable bonds is 6. The van der Waals surface area contributed by atoms with Crippen LogP contribution in [0.3, 0.4) is 0 Å². The molecule has 0 saturated carbocycles. The van der Waals surface area contributed by atoms with E-state index < -0.39 is 35.3 Å². The Balaban J connectivity index is 2.24. The van der Waals surface area contributed by atoms with E-state index in [1.54, 1.807) is 51.1 Å². The fraction of sp³-hybridized carbons (Fsp3) is 0.286. The number of carboxylic acids is 1. The number of anilines is 1. The second-order valence-corrected chi connectivity index (χ2v) is 8.11. The molecule has 2 unspecified atom stereocenters. The summed E-state index contributed by atoms with van der Waals surface area (Å²) in [6, 6.07) is 10.5. The first-order chi connectivity index (χ1) is 13.5. The molecular formula is C21H24ClN3O4. The predicted molar refractivity (Wildman–Crippen MR) is 112 cm³/mol. The van der Waals surface area contributed by atoms with Crippen molar-refractivity contribution in [2.45, 2.75) is 32.9 Å². The van der Waals surface area contributed by atoms with E-state index in [4.69, 9.17) is 17.3 Å². The predicted octanol–water partition coefficient (Wildman–Crippen LogP) is 3.01. The summed E-state index contributed by atoms with van der Waals surface area (Å²) < 4.78 is 0. The molecule has 7 nitrogen and oxygen atoms in total. The van der Waals surface area contributed by atoms with Gasteiger partial charge in [-0.05, 0) is 29.2 Å². The number of nitrogens with two attached hydrogens (primary N) is 1. The first kappa shape index (κ1) is 22.2. The fourth-order valence-electron chi connectivity index (χ4n) is 2.72. The summed E-state index contributed by atoms with van der Waals surface area (Å²) in [7, 11) is 0. The number of hydrogen-bond acceptors (Lipinski definition) is 4. The van der Waals surface area contributed by atoms with Gasteiger partial charge in [0.1, 0.15) is 6.04 Å². The second-order valence-electron chi connectivity index (χ2n) is 7.70. The molecule has 8 heteroatoms. The summed E-state index contributed by atoms with van der Waals surface area (Å²) in [6.07, 6.45) is 0. The number of carbonyl (C=O) groups excluding carboxylic acids is 2. The average Bonchev–Trinajstić information content (AvgIpc) is 2.65. The maximum absolute atomic E-state index is 12.9. The molecule has 0 saturated heterocycles. The number of aliphatic carboxylic acids is 1. The van der Waals surface area contributed by atoms with Crippen molar-refractivity contribution in [3.05, 3.63) is 64.7 Å². The van der Waals surface area contributed by atoms with Gasteiger partial charge >= 0.3 is 5.97 Å². The second kappa shape index (κ2) is 8.96. The van der Waals surface area contributed by atoms with Crippen LogP contribution in [0.25, 0.3) is 0 Å². The van der Waals surface area contributed by atoms with Crippen molar-refractivity contribution in [3.63, 3.8) is 0 Å². The van der Waals surface area contributed by atoms with E-state index in [0.29, 0.717) is 11.3 Å². The first-order valence-corrected chi connectivity index (χ1v) is 9.32. The number of carbonyl (C=O) groups is 3. The van der Waals surface area contributed by atoms with E-state index in [1.165, 1.54) is 18.2 Å². The van der Waals surface area contributed by atoms with Crippen LogP contribution in [0.2, 0.25) is 5.02 Å². The molecule has 2 aromatic rings. The molecule has 154 valence electrons. The third-order valence-electron chi connectivity index (χ3n) is 4.33. The summed E-state index contributed by atoms with van der Waals surface area (Å²) in [5, 5.41) is 15.0. The van der Waals surface area contributed by atoms with Gasteiger partial charge in [0.05, 0.1) is 10.7 Å². The molecule has 0 aliphatic rings. The van der Waals surface area contributed by atoms with Crippen LogP contribution in [0.1, 0.15) is 42.7 Å². The van der Waals surface area contributed by atoms with Crippen molar-refractivity contribution in [2.75, 3.05) is 5.73 Å². The van der Waals surface area contributed by atoms with E-state index in [-0.39, 0.29) is 10.6 Å². The SMILES string of the molecule is CC(C)(C)C(NC(=O)c1ccc(N)c(Cl)c1)C(=O)NC(C(=O)O)c1ccccc1. The summed E-state index contributed by atoms with van der Waals surface area (Å²) >= 11 is 5.97. The molecule has 2 aromatic carbocycles. The molecule has 0 bridgehead atoms. The minimum absolute atomic E-state index is 0.226. The van der Waals surface area contributed by atoms with Gasteiger partial charge in [-0.2, -0.15) is 0 Å². The lowest BCUT2D eigenvalue weighted by Gasteiger charge is -2.31. The van der Waals surface area contributed by atoms with Gasteiger partial charge < -0.3 is 21.5 Å². The van der Waals surface area contributed by atoms with Crippen LogP contribution in [0.15, 0.2) is 48.5 Å². The molecule has 0 aliphatic heterocycles. The van der Waals surface area contributed by atoms with Crippen LogP contribution < -0.4 is 16.4 Å². The monoisotopic (exact) mass is 417 g/mol. The zero-order valence-electron chi connectivity index (χ0n) is 16.4. The number of carboxylic acid groups (broad SMARTS) is 1. The highest BCUT2D eigenvalue weighted by molar-refractivity contribution is 6.33. The van der Waals surface area contributed by atoms with Gasteiger partial charge in [0.2, 0.25) is 5.91 Å². The van der Waals surface area contributed by atoms with Gasteiger partial charge in [-0.3, -0.25) is 9.59 Å². The maximum Gasteiger partial charge on any atom is 0.330 e. The van der Waals surface area contributed by atoms with Crippen LogP contribution in [-0.2, 0) is 9.59 Å². The number of nitrogen functional groups attached to an aromatic ring is 1.